The van der Waals surface area contributed by atoms with Gasteiger partial charge in [0.05, 0.1) is 11.1 Å². The summed E-state index contributed by atoms with van der Waals surface area (Å²) < 4.78 is 1.40. The molecule has 130 valence electrons. The van der Waals surface area contributed by atoms with Crippen molar-refractivity contribution in [1.82, 2.24) is 14.9 Å². The molecule has 0 fully saturated rings. The zero-order chi connectivity index (χ0) is 18.1. The Kier molecular flexibility index (Phi) is 4.49. The maximum atomic E-state index is 12.4. The Labute approximate surface area is 146 Å². The first-order valence-corrected chi connectivity index (χ1v) is 8.46. The number of rotatable bonds is 4. The molecule has 2 N–H and O–H groups in total. The van der Waals surface area contributed by atoms with Crippen LogP contribution in [0.25, 0.3) is 10.9 Å². The van der Waals surface area contributed by atoms with Crippen molar-refractivity contribution in [3.05, 3.63) is 68.8 Å². The quantitative estimate of drug-likeness (QED) is 0.768. The van der Waals surface area contributed by atoms with E-state index in [0.29, 0.717) is 12.1 Å². The van der Waals surface area contributed by atoms with E-state index in [2.05, 4.69) is 43.2 Å². The summed E-state index contributed by atoms with van der Waals surface area (Å²) >= 11 is 0. The molecule has 1 amide bonds. The smallest absolute Gasteiger partial charge is 0.253 e. The number of aryl methyl sites for hydroxylation is 4. The minimum absolute atomic E-state index is 0.133. The van der Waals surface area contributed by atoms with Gasteiger partial charge >= 0.3 is 0 Å². The number of aromatic nitrogens is 2. The number of H-pyrrole nitrogens is 1. The van der Waals surface area contributed by atoms with Crippen molar-refractivity contribution in [3.8, 4) is 0 Å². The zero-order valence-electron chi connectivity index (χ0n) is 15.1. The van der Waals surface area contributed by atoms with E-state index >= 15 is 0 Å². The standard InChI is InChI=1S/C20H23N3O2/c1-5-17-13(3)16-9-12(2)8-15(19(16)22-17)10-21-20(25)14-6-7-18(24)23(4)11-14/h6-9,11,22H,5,10H2,1-4H3,(H,21,25). The van der Waals surface area contributed by atoms with Crippen LogP contribution in [0.2, 0.25) is 0 Å². The second kappa shape index (κ2) is 6.59. The van der Waals surface area contributed by atoms with Crippen molar-refractivity contribution in [1.29, 1.82) is 0 Å². The van der Waals surface area contributed by atoms with Gasteiger partial charge in [0, 0.05) is 36.9 Å². The van der Waals surface area contributed by atoms with Crippen molar-refractivity contribution in [2.24, 2.45) is 7.05 Å². The molecule has 0 radical (unpaired) electrons. The number of aromatic amines is 1. The van der Waals surface area contributed by atoms with E-state index in [1.54, 1.807) is 19.3 Å². The molecule has 3 aromatic rings. The van der Waals surface area contributed by atoms with Crippen LogP contribution in [-0.2, 0) is 20.0 Å². The van der Waals surface area contributed by atoms with Crippen LogP contribution in [0.5, 0.6) is 0 Å². The average Bonchev–Trinajstić information content (AvgIpc) is 2.91. The maximum absolute atomic E-state index is 12.4. The number of hydrogen-bond acceptors (Lipinski definition) is 2. The molecule has 0 aliphatic heterocycles. The Hall–Kier alpha value is -2.82. The topological polar surface area (TPSA) is 66.9 Å². The van der Waals surface area contributed by atoms with Crippen molar-refractivity contribution in [2.75, 3.05) is 0 Å². The summed E-state index contributed by atoms with van der Waals surface area (Å²) in [6.07, 6.45) is 2.50. The lowest BCUT2D eigenvalue weighted by atomic mass is 10.0. The first-order valence-electron chi connectivity index (χ1n) is 8.46. The average molecular weight is 337 g/mol. The molecular weight excluding hydrogens is 314 g/mol. The Bertz CT molecular complexity index is 1010. The van der Waals surface area contributed by atoms with Crippen LogP contribution in [-0.4, -0.2) is 15.5 Å². The lowest BCUT2D eigenvalue weighted by molar-refractivity contribution is 0.0950. The molecule has 0 aliphatic rings. The van der Waals surface area contributed by atoms with E-state index < -0.39 is 0 Å². The summed E-state index contributed by atoms with van der Waals surface area (Å²) in [6, 6.07) is 7.23. The molecule has 2 aromatic heterocycles. The molecule has 5 nitrogen and oxygen atoms in total. The summed E-state index contributed by atoms with van der Waals surface area (Å²) in [6.45, 7) is 6.76. The molecule has 0 atom stereocenters. The molecule has 1 aromatic carbocycles. The van der Waals surface area contributed by atoms with Gasteiger partial charge in [-0.15, -0.1) is 0 Å². The van der Waals surface area contributed by atoms with Gasteiger partial charge in [-0.3, -0.25) is 9.59 Å². The zero-order valence-corrected chi connectivity index (χ0v) is 15.1. The molecule has 0 saturated heterocycles. The van der Waals surface area contributed by atoms with Gasteiger partial charge in [-0.2, -0.15) is 0 Å². The number of amides is 1. The predicted octanol–water partition coefficient (Wildman–Crippen LogP) is 2.98. The van der Waals surface area contributed by atoms with Crippen molar-refractivity contribution in [3.63, 3.8) is 0 Å². The summed E-state index contributed by atoms with van der Waals surface area (Å²) in [4.78, 5) is 27.3. The summed E-state index contributed by atoms with van der Waals surface area (Å²) in [5, 5.41) is 4.17. The Morgan fingerprint density at radius 1 is 1.24 bits per heavy atom. The van der Waals surface area contributed by atoms with E-state index in [4.69, 9.17) is 0 Å². The van der Waals surface area contributed by atoms with Crippen LogP contribution in [0.15, 0.2) is 35.3 Å². The van der Waals surface area contributed by atoms with Gasteiger partial charge < -0.3 is 14.9 Å². The lowest BCUT2D eigenvalue weighted by Crippen LogP contribution is -2.25. The largest absolute Gasteiger partial charge is 0.358 e. The third kappa shape index (κ3) is 3.22. The number of pyridine rings is 1. The summed E-state index contributed by atoms with van der Waals surface area (Å²) in [5.41, 5.74) is 6.16. The number of nitrogens with one attached hydrogen (secondary N) is 2. The fourth-order valence-electron chi connectivity index (χ4n) is 3.21. The molecule has 0 saturated carbocycles. The molecule has 0 unspecified atom stereocenters. The highest BCUT2D eigenvalue weighted by molar-refractivity contribution is 5.94. The van der Waals surface area contributed by atoms with Crippen LogP contribution in [0.1, 0.15) is 39.7 Å². The van der Waals surface area contributed by atoms with Crippen LogP contribution < -0.4 is 10.9 Å². The van der Waals surface area contributed by atoms with E-state index in [-0.39, 0.29) is 11.5 Å². The minimum Gasteiger partial charge on any atom is -0.358 e. The number of carbonyl (C=O) groups excluding carboxylic acids is 1. The number of carbonyl (C=O) groups is 1. The minimum atomic E-state index is -0.191. The third-order valence-corrected chi connectivity index (χ3v) is 4.64. The van der Waals surface area contributed by atoms with Crippen molar-refractivity contribution >= 4 is 16.8 Å². The lowest BCUT2D eigenvalue weighted by Gasteiger charge is -2.09. The second-order valence-electron chi connectivity index (χ2n) is 6.48. The Morgan fingerprint density at radius 3 is 2.68 bits per heavy atom. The molecule has 0 aliphatic carbocycles. The van der Waals surface area contributed by atoms with Crippen LogP contribution in [0.3, 0.4) is 0 Å². The second-order valence-corrected chi connectivity index (χ2v) is 6.48. The van der Waals surface area contributed by atoms with Gasteiger partial charge in [0.2, 0.25) is 5.56 Å². The summed E-state index contributed by atoms with van der Waals surface area (Å²) in [5.74, 6) is -0.191. The summed E-state index contributed by atoms with van der Waals surface area (Å²) in [7, 11) is 1.64. The molecular formula is C20H23N3O2. The van der Waals surface area contributed by atoms with Crippen LogP contribution in [0.4, 0.5) is 0 Å². The van der Waals surface area contributed by atoms with Gasteiger partial charge in [-0.25, -0.2) is 0 Å². The monoisotopic (exact) mass is 337 g/mol. The number of nitrogens with zero attached hydrogens (tertiary/aromatic N) is 1. The SMILES string of the molecule is CCc1[nH]c2c(CNC(=O)c3ccc(=O)n(C)c3)cc(C)cc2c1C. The number of benzene rings is 1. The first kappa shape index (κ1) is 17.0. The van der Waals surface area contributed by atoms with Gasteiger partial charge in [-0.05, 0) is 43.5 Å². The van der Waals surface area contributed by atoms with Crippen molar-refractivity contribution < 1.29 is 4.79 Å². The third-order valence-electron chi connectivity index (χ3n) is 4.64. The molecule has 0 bridgehead atoms. The maximum Gasteiger partial charge on any atom is 0.253 e. The molecule has 5 heteroatoms. The highest BCUT2D eigenvalue weighted by Gasteiger charge is 2.12. The highest BCUT2D eigenvalue weighted by Crippen LogP contribution is 2.26. The van der Waals surface area contributed by atoms with E-state index in [1.807, 2.05) is 0 Å². The number of hydrogen-bond donors (Lipinski definition) is 2. The van der Waals surface area contributed by atoms with Crippen molar-refractivity contribution in [2.45, 2.75) is 33.7 Å². The molecule has 25 heavy (non-hydrogen) atoms. The highest BCUT2D eigenvalue weighted by atomic mass is 16.2. The molecule has 0 spiro atoms. The normalized spacial score (nSPS) is 11.0. The fraction of sp³-hybridized carbons (Fsp3) is 0.300. The predicted molar refractivity (Wildman–Crippen MR) is 100 cm³/mol. The van der Waals surface area contributed by atoms with Crippen LogP contribution in [0, 0.1) is 13.8 Å². The Balaban J connectivity index is 1.89. The van der Waals surface area contributed by atoms with Gasteiger partial charge in [0.25, 0.3) is 5.91 Å². The van der Waals surface area contributed by atoms with Gasteiger partial charge in [0.15, 0.2) is 0 Å². The Morgan fingerprint density at radius 2 is 2.00 bits per heavy atom. The van der Waals surface area contributed by atoms with Gasteiger partial charge in [-0.1, -0.05) is 18.6 Å². The van der Waals surface area contributed by atoms with E-state index in [9.17, 15) is 9.59 Å². The van der Waals surface area contributed by atoms with E-state index in [0.717, 1.165) is 17.5 Å². The molecule has 2 heterocycles. The first-order chi connectivity index (χ1) is 11.9. The fourth-order valence-corrected chi connectivity index (χ4v) is 3.21. The van der Waals surface area contributed by atoms with E-state index in [1.165, 1.54) is 32.8 Å². The van der Waals surface area contributed by atoms with Gasteiger partial charge in [0.1, 0.15) is 0 Å². The molecule has 3 rings (SSSR count). The number of fused-ring (bicyclic) bond motifs is 1. The van der Waals surface area contributed by atoms with Crippen LogP contribution >= 0.6 is 0 Å².